The highest BCUT2D eigenvalue weighted by Gasteiger charge is 2.26. The van der Waals surface area contributed by atoms with Crippen LogP contribution in [0.15, 0.2) is 24.3 Å². The van der Waals surface area contributed by atoms with Crippen molar-refractivity contribution in [1.29, 1.82) is 0 Å². The average molecular weight is 249 g/mol. The second-order valence-corrected chi connectivity index (χ2v) is 5.63. The summed E-state index contributed by atoms with van der Waals surface area (Å²) in [6.07, 6.45) is -0.601. The Bertz CT molecular complexity index is 405. The van der Waals surface area contributed by atoms with Crippen LogP contribution in [-0.4, -0.2) is 22.7 Å². The smallest absolute Gasteiger partial charge is 0.251 e. The minimum atomic E-state index is -0.631. The minimum absolute atomic E-state index is 0.156. The number of aliphatic hydroxyl groups is 1. The summed E-state index contributed by atoms with van der Waals surface area (Å²) in [5, 5.41) is 12.4. The van der Waals surface area contributed by atoms with Crippen LogP contribution in [0.3, 0.4) is 0 Å². The molecule has 0 spiro atoms. The van der Waals surface area contributed by atoms with E-state index in [0.717, 1.165) is 0 Å². The Morgan fingerprint density at radius 2 is 1.67 bits per heavy atom. The minimum Gasteiger partial charge on any atom is -0.391 e. The molecule has 2 N–H and O–H groups in total. The molecule has 0 radical (unpaired) electrons. The Labute approximate surface area is 109 Å². The molecule has 18 heavy (non-hydrogen) atoms. The van der Waals surface area contributed by atoms with E-state index >= 15 is 0 Å². The molecule has 0 aliphatic heterocycles. The van der Waals surface area contributed by atoms with Crippen LogP contribution in [0.5, 0.6) is 0 Å². The lowest BCUT2D eigenvalue weighted by Crippen LogP contribution is -2.50. The Morgan fingerprint density at radius 3 is 2.06 bits per heavy atom. The number of amides is 1. The van der Waals surface area contributed by atoms with Gasteiger partial charge in [-0.3, -0.25) is 4.79 Å². The third kappa shape index (κ3) is 3.57. The quantitative estimate of drug-likeness (QED) is 0.862. The molecule has 0 aliphatic carbocycles. The summed E-state index contributed by atoms with van der Waals surface area (Å²) in [4.78, 5) is 12.0. The standard InChI is InChI=1S/C15H23NO2/c1-10(2)12-6-8-13(9-7-12)14(18)16-15(4,5)11(3)17/h6-11,17H,1-5H3,(H,16,18). The normalized spacial score (nSPS) is 13.5. The van der Waals surface area contributed by atoms with Crippen LogP contribution < -0.4 is 5.32 Å². The van der Waals surface area contributed by atoms with Gasteiger partial charge in [0.15, 0.2) is 0 Å². The zero-order chi connectivity index (χ0) is 13.9. The summed E-state index contributed by atoms with van der Waals surface area (Å²) < 4.78 is 0. The molecule has 0 bridgehead atoms. The molecule has 3 heteroatoms. The molecule has 0 saturated heterocycles. The average Bonchev–Trinajstić information content (AvgIpc) is 2.28. The Hall–Kier alpha value is -1.35. The van der Waals surface area contributed by atoms with Gasteiger partial charge in [0, 0.05) is 5.56 Å². The van der Waals surface area contributed by atoms with E-state index in [4.69, 9.17) is 0 Å². The molecule has 1 rings (SSSR count). The van der Waals surface area contributed by atoms with Crippen molar-refractivity contribution >= 4 is 5.91 Å². The first-order valence-electron chi connectivity index (χ1n) is 6.34. The topological polar surface area (TPSA) is 49.3 Å². The first-order valence-corrected chi connectivity index (χ1v) is 6.34. The van der Waals surface area contributed by atoms with E-state index in [9.17, 15) is 9.90 Å². The SMILES string of the molecule is CC(C)c1ccc(C(=O)NC(C)(C)C(C)O)cc1. The van der Waals surface area contributed by atoms with Crippen molar-refractivity contribution < 1.29 is 9.90 Å². The van der Waals surface area contributed by atoms with Crippen molar-refractivity contribution in [2.24, 2.45) is 0 Å². The predicted octanol–water partition coefficient (Wildman–Crippen LogP) is 2.70. The molecular weight excluding hydrogens is 226 g/mol. The van der Waals surface area contributed by atoms with E-state index in [1.165, 1.54) is 5.56 Å². The lowest BCUT2D eigenvalue weighted by Gasteiger charge is -2.29. The van der Waals surface area contributed by atoms with Gasteiger partial charge in [-0.05, 0) is 44.4 Å². The highest BCUT2D eigenvalue weighted by atomic mass is 16.3. The van der Waals surface area contributed by atoms with Crippen molar-refractivity contribution in [1.82, 2.24) is 5.32 Å². The van der Waals surface area contributed by atoms with Crippen molar-refractivity contribution in [2.45, 2.75) is 52.2 Å². The molecule has 1 amide bonds. The molecule has 100 valence electrons. The summed E-state index contributed by atoms with van der Waals surface area (Å²) in [6, 6.07) is 7.58. The van der Waals surface area contributed by atoms with Crippen LogP contribution in [0.4, 0.5) is 0 Å². The fourth-order valence-electron chi connectivity index (χ4n) is 1.49. The fraction of sp³-hybridized carbons (Fsp3) is 0.533. The molecule has 0 aromatic heterocycles. The van der Waals surface area contributed by atoms with Gasteiger partial charge in [-0.2, -0.15) is 0 Å². The Kier molecular flexibility index (Phi) is 4.52. The first-order chi connectivity index (χ1) is 8.24. The zero-order valence-electron chi connectivity index (χ0n) is 11.8. The van der Waals surface area contributed by atoms with E-state index in [2.05, 4.69) is 19.2 Å². The lowest BCUT2D eigenvalue weighted by atomic mass is 9.97. The van der Waals surface area contributed by atoms with Gasteiger partial charge in [-0.1, -0.05) is 26.0 Å². The monoisotopic (exact) mass is 249 g/mol. The van der Waals surface area contributed by atoms with Crippen LogP contribution in [0.2, 0.25) is 0 Å². The lowest BCUT2D eigenvalue weighted by molar-refractivity contribution is 0.0709. The van der Waals surface area contributed by atoms with Crippen molar-refractivity contribution in [3.8, 4) is 0 Å². The highest BCUT2D eigenvalue weighted by Crippen LogP contribution is 2.16. The van der Waals surface area contributed by atoms with Crippen molar-refractivity contribution in [3.05, 3.63) is 35.4 Å². The van der Waals surface area contributed by atoms with Gasteiger partial charge in [-0.15, -0.1) is 0 Å². The van der Waals surface area contributed by atoms with Crippen LogP contribution in [-0.2, 0) is 0 Å². The van der Waals surface area contributed by atoms with Crippen LogP contribution in [0, 0.1) is 0 Å². The third-order valence-electron chi connectivity index (χ3n) is 3.32. The van der Waals surface area contributed by atoms with Crippen molar-refractivity contribution in [2.75, 3.05) is 0 Å². The molecule has 1 aromatic rings. The van der Waals surface area contributed by atoms with Crippen molar-refractivity contribution in [3.63, 3.8) is 0 Å². The molecule has 0 saturated carbocycles. The van der Waals surface area contributed by atoms with E-state index < -0.39 is 11.6 Å². The molecule has 1 aromatic carbocycles. The van der Waals surface area contributed by atoms with Crippen LogP contribution in [0.1, 0.15) is 56.5 Å². The number of aliphatic hydroxyl groups excluding tert-OH is 1. The summed E-state index contributed by atoms with van der Waals surface area (Å²) in [7, 11) is 0. The number of hydrogen-bond acceptors (Lipinski definition) is 2. The van der Waals surface area contributed by atoms with Gasteiger partial charge >= 0.3 is 0 Å². The van der Waals surface area contributed by atoms with Gasteiger partial charge < -0.3 is 10.4 Å². The van der Waals surface area contributed by atoms with E-state index in [1.54, 1.807) is 20.8 Å². The maximum Gasteiger partial charge on any atom is 0.251 e. The summed E-state index contributed by atoms with van der Waals surface area (Å²) in [6.45, 7) is 9.51. The second-order valence-electron chi connectivity index (χ2n) is 5.63. The van der Waals surface area contributed by atoms with Crippen LogP contribution in [0.25, 0.3) is 0 Å². The largest absolute Gasteiger partial charge is 0.391 e. The number of hydrogen-bond donors (Lipinski definition) is 2. The third-order valence-corrected chi connectivity index (χ3v) is 3.32. The van der Waals surface area contributed by atoms with Crippen LogP contribution >= 0.6 is 0 Å². The van der Waals surface area contributed by atoms with Gasteiger partial charge in [0.25, 0.3) is 5.91 Å². The number of rotatable bonds is 4. The zero-order valence-corrected chi connectivity index (χ0v) is 11.8. The second kappa shape index (κ2) is 5.53. The number of carbonyl (C=O) groups is 1. The maximum atomic E-state index is 12.0. The Balaban J connectivity index is 2.79. The predicted molar refractivity (Wildman–Crippen MR) is 73.8 cm³/mol. The van der Waals surface area contributed by atoms with Gasteiger partial charge in [0.05, 0.1) is 11.6 Å². The molecule has 1 atom stereocenters. The molecule has 3 nitrogen and oxygen atoms in total. The fourth-order valence-corrected chi connectivity index (χ4v) is 1.49. The number of nitrogens with one attached hydrogen (secondary N) is 1. The number of benzene rings is 1. The first kappa shape index (κ1) is 14.7. The van der Waals surface area contributed by atoms with Gasteiger partial charge in [0.1, 0.15) is 0 Å². The highest BCUT2D eigenvalue weighted by molar-refractivity contribution is 5.94. The maximum absolute atomic E-state index is 12.0. The summed E-state index contributed by atoms with van der Waals surface area (Å²) in [5.41, 5.74) is 1.20. The van der Waals surface area contributed by atoms with E-state index in [-0.39, 0.29) is 5.91 Å². The molecule has 0 aliphatic rings. The van der Waals surface area contributed by atoms with E-state index in [1.807, 2.05) is 24.3 Å². The molecular formula is C15H23NO2. The summed E-state index contributed by atoms with van der Waals surface area (Å²) in [5.74, 6) is 0.298. The molecule has 1 unspecified atom stereocenters. The van der Waals surface area contributed by atoms with Gasteiger partial charge in [0.2, 0.25) is 0 Å². The molecule has 0 heterocycles. The molecule has 0 fully saturated rings. The summed E-state index contributed by atoms with van der Waals surface area (Å²) >= 11 is 0. The number of carbonyl (C=O) groups excluding carboxylic acids is 1. The Morgan fingerprint density at radius 1 is 1.17 bits per heavy atom. The van der Waals surface area contributed by atoms with Gasteiger partial charge in [-0.25, -0.2) is 0 Å². The van der Waals surface area contributed by atoms with E-state index in [0.29, 0.717) is 11.5 Å².